The van der Waals surface area contributed by atoms with Crippen molar-refractivity contribution in [1.82, 2.24) is 9.97 Å². The maximum Gasteiger partial charge on any atom is 0.586 e. The molecule has 0 saturated carbocycles. The van der Waals surface area contributed by atoms with Gasteiger partial charge in [0.2, 0.25) is 5.91 Å². The van der Waals surface area contributed by atoms with Gasteiger partial charge in [0.1, 0.15) is 5.82 Å². The van der Waals surface area contributed by atoms with Crippen molar-refractivity contribution in [2.75, 3.05) is 11.1 Å². The molecule has 4 rings (SSSR count). The van der Waals surface area contributed by atoms with Gasteiger partial charge in [-0.2, -0.15) is 0 Å². The van der Waals surface area contributed by atoms with Gasteiger partial charge in [-0.1, -0.05) is 12.1 Å². The summed E-state index contributed by atoms with van der Waals surface area (Å²) in [5, 5.41) is 2.65. The van der Waals surface area contributed by atoms with Crippen molar-refractivity contribution in [2.45, 2.75) is 18.5 Å². The lowest BCUT2D eigenvalue weighted by Crippen LogP contribution is -2.25. The molecule has 1 aliphatic rings. The number of anilines is 1. The third kappa shape index (κ3) is 3.82. The molecule has 1 amide bonds. The van der Waals surface area contributed by atoms with Gasteiger partial charge < -0.3 is 19.8 Å². The highest BCUT2D eigenvalue weighted by Gasteiger charge is 2.43. The zero-order valence-corrected chi connectivity index (χ0v) is 15.0. The van der Waals surface area contributed by atoms with Gasteiger partial charge in [-0.25, -0.2) is 4.98 Å². The van der Waals surface area contributed by atoms with E-state index < -0.39 is 6.29 Å². The molecule has 1 aromatic heterocycles. The second kappa shape index (κ2) is 6.73. The number of rotatable bonds is 5. The van der Waals surface area contributed by atoms with Gasteiger partial charge in [-0.05, 0) is 31.2 Å². The number of hydrogen-bond acceptors (Lipinski definition) is 5. The molecule has 0 saturated heterocycles. The minimum atomic E-state index is -3.68. The minimum Gasteiger partial charge on any atom is -0.395 e. The molecule has 1 unspecified atom stereocenters. The van der Waals surface area contributed by atoms with Crippen LogP contribution < -0.4 is 14.8 Å². The number of halogens is 2. The second-order valence-electron chi connectivity index (χ2n) is 5.97. The molecule has 0 radical (unpaired) electrons. The number of fused-ring (bicyclic) bond motifs is 2. The standard InChI is InChI=1S/C18H15F2N3O3S/c1-10(17-22-12-4-2-3-5-13(12)23-17)27-9-16(24)21-11-6-7-14-15(8-11)26-18(19,20)25-14/h2-8,10H,9H2,1H3,(H,21,24)(H,22,23). The minimum absolute atomic E-state index is 0.0152. The van der Waals surface area contributed by atoms with E-state index in [1.807, 2.05) is 31.2 Å². The smallest absolute Gasteiger partial charge is 0.395 e. The van der Waals surface area contributed by atoms with Gasteiger partial charge in [0.15, 0.2) is 11.5 Å². The van der Waals surface area contributed by atoms with Crippen LogP contribution in [0.25, 0.3) is 11.0 Å². The lowest BCUT2D eigenvalue weighted by molar-refractivity contribution is -0.286. The molecule has 1 atom stereocenters. The van der Waals surface area contributed by atoms with Gasteiger partial charge in [-0.3, -0.25) is 4.79 Å². The highest BCUT2D eigenvalue weighted by atomic mass is 32.2. The first-order valence-corrected chi connectivity index (χ1v) is 9.20. The van der Waals surface area contributed by atoms with Gasteiger partial charge in [0, 0.05) is 11.8 Å². The largest absolute Gasteiger partial charge is 0.586 e. The number of hydrogen-bond donors (Lipinski definition) is 2. The SMILES string of the molecule is CC(SCC(=O)Nc1ccc2c(c1)OC(F)(F)O2)c1nc2ccccc2[nH]1. The third-order valence-corrected chi connectivity index (χ3v) is 5.09. The van der Waals surface area contributed by atoms with Gasteiger partial charge in [0.05, 0.1) is 22.0 Å². The molecule has 0 fully saturated rings. The van der Waals surface area contributed by atoms with Crippen LogP contribution in [0, 0.1) is 0 Å². The highest BCUT2D eigenvalue weighted by molar-refractivity contribution is 8.00. The van der Waals surface area contributed by atoms with Gasteiger partial charge in [-0.15, -0.1) is 20.5 Å². The van der Waals surface area contributed by atoms with Crippen molar-refractivity contribution in [3.8, 4) is 11.5 Å². The number of H-pyrrole nitrogens is 1. The van der Waals surface area contributed by atoms with E-state index in [0.29, 0.717) is 5.69 Å². The van der Waals surface area contributed by atoms with Crippen molar-refractivity contribution in [1.29, 1.82) is 0 Å². The summed E-state index contributed by atoms with van der Waals surface area (Å²) in [6.45, 7) is 1.96. The molecule has 0 spiro atoms. The Morgan fingerprint density at radius 3 is 2.85 bits per heavy atom. The van der Waals surface area contributed by atoms with Crippen LogP contribution in [-0.2, 0) is 4.79 Å². The van der Waals surface area contributed by atoms with Crippen molar-refractivity contribution in [3.05, 3.63) is 48.3 Å². The third-order valence-electron chi connectivity index (χ3n) is 3.94. The maximum absolute atomic E-state index is 13.0. The fourth-order valence-corrected chi connectivity index (χ4v) is 3.41. The Morgan fingerprint density at radius 2 is 2.04 bits per heavy atom. The van der Waals surface area contributed by atoms with Gasteiger partial charge >= 0.3 is 6.29 Å². The first-order valence-electron chi connectivity index (χ1n) is 8.16. The number of carbonyl (C=O) groups is 1. The topological polar surface area (TPSA) is 76.2 Å². The number of aromatic nitrogens is 2. The predicted octanol–water partition coefficient (Wildman–Crippen LogP) is 4.32. The summed E-state index contributed by atoms with van der Waals surface area (Å²) in [5.41, 5.74) is 2.18. The van der Waals surface area contributed by atoms with E-state index in [4.69, 9.17) is 0 Å². The van der Waals surface area contributed by atoms with Crippen LogP contribution in [0.1, 0.15) is 18.0 Å². The number of aromatic amines is 1. The van der Waals surface area contributed by atoms with Crippen LogP contribution >= 0.6 is 11.8 Å². The number of amides is 1. The zero-order chi connectivity index (χ0) is 19.0. The Morgan fingerprint density at radius 1 is 1.26 bits per heavy atom. The molecule has 2 N–H and O–H groups in total. The average Bonchev–Trinajstić information content (AvgIpc) is 3.18. The Hall–Kier alpha value is -2.81. The summed E-state index contributed by atoms with van der Waals surface area (Å²) in [7, 11) is 0. The maximum atomic E-state index is 13.0. The molecular formula is C18H15F2N3O3S. The number of para-hydroxylation sites is 2. The number of ether oxygens (including phenoxy) is 2. The Bertz CT molecular complexity index is 975. The fourth-order valence-electron chi connectivity index (χ4n) is 2.67. The summed E-state index contributed by atoms with van der Waals surface area (Å²) >= 11 is 1.42. The lowest BCUT2D eigenvalue weighted by atomic mass is 10.3. The average molecular weight is 391 g/mol. The van der Waals surface area contributed by atoms with Crippen LogP contribution in [0.4, 0.5) is 14.5 Å². The molecule has 2 aromatic carbocycles. The van der Waals surface area contributed by atoms with E-state index in [1.165, 1.54) is 30.0 Å². The van der Waals surface area contributed by atoms with Gasteiger partial charge in [0.25, 0.3) is 0 Å². The number of benzene rings is 2. The molecule has 2 heterocycles. The van der Waals surface area contributed by atoms with Crippen LogP contribution in [0.2, 0.25) is 0 Å². The fraction of sp³-hybridized carbons (Fsp3) is 0.222. The first-order chi connectivity index (χ1) is 12.9. The van der Waals surface area contributed by atoms with E-state index in [9.17, 15) is 13.6 Å². The first kappa shape index (κ1) is 17.6. The molecule has 27 heavy (non-hydrogen) atoms. The summed E-state index contributed by atoms with van der Waals surface area (Å²) in [6, 6.07) is 11.8. The summed E-state index contributed by atoms with van der Waals surface area (Å²) in [6.07, 6.45) is -3.68. The van der Waals surface area contributed by atoms with Crippen molar-refractivity contribution in [3.63, 3.8) is 0 Å². The molecule has 140 valence electrons. The molecule has 1 aliphatic heterocycles. The second-order valence-corrected chi connectivity index (χ2v) is 7.30. The van der Waals surface area contributed by atoms with Crippen LogP contribution in [-0.4, -0.2) is 27.9 Å². The van der Waals surface area contributed by atoms with Crippen LogP contribution in [0.5, 0.6) is 11.5 Å². The van der Waals surface area contributed by atoms with Crippen molar-refractivity contribution < 1.29 is 23.0 Å². The molecule has 0 bridgehead atoms. The van der Waals surface area contributed by atoms with E-state index in [2.05, 4.69) is 24.8 Å². The number of nitrogens with one attached hydrogen (secondary N) is 2. The highest BCUT2D eigenvalue weighted by Crippen LogP contribution is 2.42. The number of alkyl halides is 2. The number of carbonyl (C=O) groups excluding carboxylic acids is 1. The summed E-state index contributed by atoms with van der Waals surface area (Å²) < 4.78 is 34.8. The lowest BCUT2D eigenvalue weighted by Gasteiger charge is -2.09. The quantitative estimate of drug-likeness (QED) is 0.678. The van der Waals surface area contributed by atoms with Crippen molar-refractivity contribution in [2.24, 2.45) is 0 Å². The van der Waals surface area contributed by atoms with Crippen molar-refractivity contribution >= 4 is 34.4 Å². The number of nitrogens with zero attached hydrogens (tertiary/aromatic N) is 1. The molecular weight excluding hydrogens is 376 g/mol. The summed E-state index contributed by atoms with van der Waals surface area (Å²) in [5.74, 6) is 0.544. The molecule has 9 heteroatoms. The van der Waals surface area contributed by atoms with Crippen LogP contribution in [0.15, 0.2) is 42.5 Å². The molecule has 6 nitrogen and oxygen atoms in total. The monoisotopic (exact) mass is 391 g/mol. The molecule has 3 aromatic rings. The Kier molecular flexibility index (Phi) is 4.39. The van der Waals surface area contributed by atoms with E-state index in [-0.39, 0.29) is 28.4 Å². The van der Waals surface area contributed by atoms with E-state index >= 15 is 0 Å². The normalized spacial score (nSPS) is 15.7. The molecule has 0 aliphatic carbocycles. The van der Waals surface area contributed by atoms with Crippen LogP contribution in [0.3, 0.4) is 0 Å². The predicted molar refractivity (Wildman–Crippen MR) is 98.2 cm³/mol. The zero-order valence-electron chi connectivity index (χ0n) is 14.2. The number of imidazole rings is 1. The van der Waals surface area contributed by atoms with E-state index in [0.717, 1.165) is 16.9 Å². The summed E-state index contributed by atoms with van der Waals surface area (Å²) in [4.78, 5) is 19.9. The number of thioether (sulfide) groups is 1. The Labute approximate surface area is 157 Å². The Balaban J connectivity index is 1.35. The van der Waals surface area contributed by atoms with E-state index in [1.54, 1.807) is 0 Å².